The molecule has 3 N–H and O–H groups in total. The molecule has 2 rings (SSSR count). The maximum absolute atomic E-state index is 6.10. The van der Waals surface area contributed by atoms with Crippen molar-refractivity contribution < 1.29 is 9.47 Å². The molecular formula is C18H29ClIN3O2. The smallest absolute Gasteiger partial charge is 0.193 e. The minimum absolute atomic E-state index is 0. The van der Waals surface area contributed by atoms with Gasteiger partial charge in [0, 0.05) is 18.8 Å². The van der Waals surface area contributed by atoms with Gasteiger partial charge in [-0.1, -0.05) is 24.4 Å². The summed E-state index contributed by atoms with van der Waals surface area (Å²) in [5.41, 5.74) is 6.75. The Hall–Kier alpha value is -0.730. The number of rotatable bonds is 8. The number of anilines is 1. The lowest BCUT2D eigenvalue weighted by Crippen LogP contribution is -2.26. The summed E-state index contributed by atoms with van der Waals surface area (Å²) in [5.74, 6) is 1.70. The minimum atomic E-state index is 0. The van der Waals surface area contributed by atoms with Gasteiger partial charge in [0.25, 0.3) is 0 Å². The van der Waals surface area contributed by atoms with E-state index in [0.717, 1.165) is 18.7 Å². The number of methoxy groups -OCH3 is 1. The zero-order valence-electron chi connectivity index (χ0n) is 15.0. The van der Waals surface area contributed by atoms with Crippen LogP contribution in [0.15, 0.2) is 23.2 Å². The molecule has 1 aromatic carbocycles. The second-order valence-electron chi connectivity index (χ2n) is 6.07. The fourth-order valence-corrected chi connectivity index (χ4v) is 3.50. The number of hydrogen-bond donors (Lipinski definition) is 2. The highest BCUT2D eigenvalue weighted by Gasteiger charge is 2.24. The molecule has 0 radical (unpaired) electrons. The largest absolute Gasteiger partial charge is 0.495 e. The molecule has 0 spiro atoms. The molecular weight excluding hydrogens is 453 g/mol. The van der Waals surface area contributed by atoms with E-state index < -0.39 is 0 Å². The second-order valence-corrected chi connectivity index (χ2v) is 6.48. The van der Waals surface area contributed by atoms with Gasteiger partial charge in [0.2, 0.25) is 0 Å². The second kappa shape index (κ2) is 11.8. The molecule has 1 aliphatic rings. The molecule has 0 aromatic heterocycles. The molecule has 0 heterocycles. The quantitative estimate of drug-likeness (QED) is 0.321. The van der Waals surface area contributed by atoms with E-state index in [0.29, 0.717) is 35.3 Å². The first-order valence-electron chi connectivity index (χ1n) is 8.66. The van der Waals surface area contributed by atoms with Crippen LogP contribution in [0, 0.1) is 5.92 Å². The molecule has 1 atom stereocenters. The highest BCUT2D eigenvalue weighted by molar-refractivity contribution is 14.0. The molecule has 0 bridgehead atoms. The van der Waals surface area contributed by atoms with E-state index in [1.54, 1.807) is 19.2 Å². The van der Waals surface area contributed by atoms with Crippen molar-refractivity contribution in [1.82, 2.24) is 0 Å². The maximum atomic E-state index is 6.10. The average Bonchev–Trinajstić information content (AvgIpc) is 3.08. The molecule has 142 valence electrons. The lowest BCUT2D eigenvalue weighted by Gasteiger charge is -2.22. The van der Waals surface area contributed by atoms with Crippen molar-refractivity contribution in [3.63, 3.8) is 0 Å². The number of benzene rings is 1. The number of aliphatic imine (C=N–C) groups is 1. The third kappa shape index (κ3) is 7.19. The van der Waals surface area contributed by atoms with Crippen LogP contribution in [0.1, 0.15) is 39.0 Å². The third-order valence-corrected chi connectivity index (χ3v) is 4.72. The number of hydrogen-bond acceptors (Lipinski definition) is 3. The van der Waals surface area contributed by atoms with Gasteiger partial charge in [-0.05, 0) is 50.3 Å². The molecule has 1 unspecified atom stereocenters. The fourth-order valence-electron chi connectivity index (χ4n) is 3.24. The first-order chi connectivity index (χ1) is 11.6. The van der Waals surface area contributed by atoms with Crippen molar-refractivity contribution in [2.45, 2.75) is 45.1 Å². The Bertz CT molecular complexity index is 551. The van der Waals surface area contributed by atoms with Crippen LogP contribution in [0.3, 0.4) is 0 Å². The van der Waals surface area contributed by atoms with Crippen LogP contribution in [0.5, 0.6) is 5.75 Å². The summed E-state index contributed by atoms with van der Waals surface area (Å²) < 4.78 is 11.0. The summed E-state index contributed by atoms with van der Waals surface area (Å²) >= 11 is 6.10. The van der Waals surface area contributed by atoms with Crippen LogP contribution in [0.25, 0.3) is 0 Å². The predicted molar refractivity (Wildman–Crippen MR) is 116 cm³/mol. The standard InChI is InChI=1S/C18H28ClN3O2.HI/c1-3-24-16(13-6-4-5-7-13)10-11-21-18(20)22-14-8-9-17(23-2)15(19)12-14;/h8-9,12-13,16H,3-7,10-11H2,1-2H3,(H3,20,21,22);1H. The van der Waals surface area contributed by atoms with Crippen molar-refractivity contribution >= 4 is 47.2 Å². The number of nitrogens with two attached hydrogens (primary N) is 1. The Morgan fingerprint density at radius 2 is 2.12 bits per heavy atom. The number of nitrogens with one attached hydrogen (secondary N) is 1. The van der Waals surface area contributed by atoms with E-state index in [1.807, 2.05) is 6.07 Å². The van der Waals surface area contributed by atoms with Gasteiger partial charge in [-0.2, -0.15) is 0 Å². The number of guanidine groups is 1. The summed E-state index contributed by atoms with van der Waals surface area (Å²) in [7, 11) is 1.59. The minimum Gasteiger partial charge on any atom is -0.495 e. The Morgan fingerprint density at radius 1 is 1.40 bits per heavy atom. The van der Waals surface area contributed by atoms with E-state index in [2.05, 4.69) is 17.2 Å². The van der Waals surface area contributed by atoms with Gasteiger partial charge in [-0.15, -0.1) is 24.0 Å². The van der Waals surface area contributed by atoms with Crippen LogP contribution >= 0.6 is 35.6 Å². The molecule has 0 aliphatic heterocycles. The number of ether oxygens (including phenoxy) is 2. The molecule has 1 aromatic rings. The van der Waals surface area contributed by atoms with Crippen molar-refractivity contribution in [2.75, 3.05) is 25.6 Å². The van der Waals surface area contributed by atoms with E-state index in [-0.39, 0.29) is 24.0 Å². The number of halogens is 2. The van der Waals surface area contributed by atoms with Gasteiger partial charge in [0.05, 0.1) is 18.2 Å². The Morgan fingerprint density at radius 3 is 2.72 bits per heavy atom. The normalized spacial score (nSPS) is 16.4. The van der Waals surface area contributed by atoms with E-state index in [9.17, 15) is 0 Å². The predicted octanol–water partition coefficient (Wildman–Crippen LogP) is 4.68. The summed E-state index contributed by atoms with van der Waals surface area (Å²) in [4.78, 5) is 4.41. The number of nitrogens with zero attached hydrogens (tertiary/aromatic N) is 1. The zero-order valence-corrected chi connectivity index (χ0v) is 18.1. The molecule has 25 heavy (non-hydrogen) atoms. The first-order valence-corrected chi connectivity index (χ1v) is 9.04. The molecule has 0 amide bonds. The van der Waals surface area contributed by atoms with Gasteiger partial charge in [0.1, 0.15) is 5.75 Å². The molecule has 7 heteroatoms. The van der Waals surface area contributed by atoms with Gasteiger partial charge in [-0.3, -0.25) is 4.99 Å². The van der Waals surface area contributed by atoms with Gasteiger partial charge in [-0.25, -0.2) is 0 Å². The van der Waals surface area contributed by atoms with E-state index in [1.165, 1.54) is 25.7 Å². The zero-order chi connectivity index (χ0) is 17.4. The summed E-state index contributed by atoms with van der Waals surface area (Å²) in [6.45, 7) is 3.46. The highest BCUT2D eigenvalue weighted by atomic mass is 127. The van der Waals surface area contributed by atoms with Gasteiger partial charge >= 0.3 is 0 Å². The van der Waals surface area contributed by atoms with Gasteiger partial charge in [0.15, 0.2) is 5.96 Å². The fraction of sp³-hybridized carbons (Fsp3) is 0.611. The lowest BCUT2D eigenvalue weighted by atomic mass is 9.98. The van der Waals surface area contributed by atoms with E-state index in [4.69, 9.17) is 26.8 Å². The SMILES string of the molecule is CCOC(CCN=C(N)Nc1ccc(OC)c(Cl)c1)C1CCCC1.I. The van der Waals surface area contributed by atoms with Gasteiger partial charge < -0.3 is 20.5 Å². The molecule has 1 saturated carbocycles. The Kier molecular flexibility index (Phi) is 10.5. The van der Waals surface area contributed by atoms with Crippen LogP contribution in [-0.4, -0.2) is 32.3 Å². The van der Waals surface area contributed by atoms with E-state index >= 15 is 0 Å². The monoisotopic (exact) mass is 481 g/mol. The van der Waals surface area contributed by atoms with Crippen LogP contribution in [0.2, 0.25) is 5.02 Å². The lowest BCUT2D eigenvalue weighted by molar-refractivity contribution is 0.0178. The Labute approximate surface area is 172 Å². The van der Waals surface area contributed by atoms with Crippen LogP contribution < -0.4 is 15.8 Å². The van der Waals surface area contributed by atoms with Crippen LogP contribution in [0.4, 0.5) is 5.69 Å². The molecule has 0 saturated heterocycles. The third-order valence-electron chi connectivity index (χ3n) is 4.43. The molecule has 1 aliphatic carbocycles. The molecule has 1 fully saturated rings. The van der Waals surface area contributed by atoms with Crippen molar-refractivity contribution in [2.24, 2.45) is 16.6 Å². The Balaban J connectivity index is 0.00000312. The van der Waals surface area contributed by atoms with Crippen LogP contribution in [-0.2, 0) is 4.74 Å². The summed E-state index contributed by atoms with van der Waals surface area (Å²) in [5, 5.41) is 3.59. The maximum Gasteiger partial charge on any atom is 0.193 e. The topological polar surface area (TPSA) is 68.9 Å². The summed E-state index contributed by atoms with van der Waals surface area (Å²) in [6.07, 6.45) is 6.38. The summed E-state index contributed by atoms with van der Waals surface area (Å²) in [6, 6.07) is 5.42. The van der Waals surface area contributed by atoms with Crippen molar-refractivity contribution in [1.29, 1.82) is 0 Å². The highest BCUT2D eigenvalue weighted by Crippen LogP contribution is 2.31. The first kappa shape index (κ1) is 22.3. The van der Waals surface area contributed by atoms with Crippen molar-refractivity contribution in [3.8, 4) is 5.75 Å². The molecule has 5 nitrogen and oxygen atoms in total. The van der Waals surface area contributed by atoms with Crippen molar-refractivity contribution in [3.05, 3.63) is 23.2 Å². The average molecular weight is 482 g/mol.